The molecule has 0 spiro atoms. The van der Waals surface area contributed by atoms with Gasteiger partial charge in [-0.25, -0.2) is 9.78 Å². The van der Waals surface area contributed by atoms with Crippen molar-refractivity contribution in [3.63, 3.8) is 0 Å². The zero-order valence-corrected chi connectivity index (χ0v) is 13.0. The van der Waals surface area contributed by atoms with Gasteiger partial charge in [-0.3, -0.25) is 0 Å². The molecule has 1 heterocycles. The Morgan fingerprint density at radius 3 is 2.83 bits per heavy atom. The Morgan fingerprint density at radius 1 is 1.44 bits per heavy atom. The number of hydrogen-bond donors (Lipinski definition) is 0. The van der Waals surface area contributed by atoms with E-state index in [-0.39, 0.29) is 5.69 Å². The molecule has 2 aromatic rings. The van der Waals surface area contributed by atoms with Gasteiger partial charge in [0.1, 0.15) is 0 Å². The molecule has 1 aromatic heterocycles. The lowest BCUT2D eigenvalue weighted by atomic mass is 10.1. The van der Waals surface area contributed by atoms with Gasteiger partial charge in [0.05, 0.1) is 22.0 Å². The van der Waals surface area contributed by atoms with Crippen LogP contribution in [-0.4, -0.2) is 18.1 Å². The molecule has 0 atom stereocenters. The molecular formula is C11H6BrCl2NO2S. The zero-order valence-electron chi connectivity index (χ0n) is 9.04. The Bertz CT molecular complexity index is 615. The quantitative estimate of drug-likeness (QED) is 0.725. The molecule has 0 aliphatic heterocycles. The van der Waals surface area contributed by atoms with Crippen molar-refractivity contribution in [2.24, 2.45) is 0 Å². The summed E-state index contributed by atoms with van der Waals surface area (Å²) in [5, 5.41) is 0.815. The maximum Gasteiger partial charge on any atom is 0.358 e. The molecule has 0 radical (unpaired) electrons. The largest absolute Gasteiger partial charge is 0.464 e. The lowest BCUT2D eigenvalue weighted by molar-refractivity contribution is 0.0595. The third kappa shape index (κ3) is 2.54. The minimum absolute atomic E-state index is 0.221. The number of benzene rings is 1. The third-order valence-corrected chi connectivity index (χ3v) is 4.53. The zero-order chi connectivity index (χ0) is 13.3. The molecule has 0 aliphatic carbocycles. The molecule has 1 aromatic carbocycles. The summed E-state index contributed by atoms with van der Waals surface area (Å²) in [4.78, 5) is 16.4. The number of carbonyl (C=O) groups is 1. The van der Waals surface area contributed by atoms with Gasteiger partial charge in [0.25, 0.3) is 0 Å². The molecule has 18 heavy (non-hydrogen) atoms. The van der Waals surface area contributed by atoms with Crippen molar-refractivity contribution in [2.75, 3.05) is 7.11 Å². The SMILES string of the molecule is COC(=O)c1nc(Br)sc1-c1cccc(Cl)c1Cl. The minimum atomic E-state index is -0.511. The highest BCUT2D eigenvalue weighted by molar-refractivity contribution is 9.11. The smallest absolute Gasteiger partial charge is 0.358 e. The van der Waals surface area contributed by atoms with Crippen LogP contribution in [0.25, 0.3) is 10.4 Å². The van der Waals surface area contributed by atoms with Gasteiger partial charge < -0.3 is 4.74 Å². The fourth-order valence-electron chi connectivity index (χ4n) is 1.39. The lowest BCUT2D eigenvalue weighted by Gasteiger charge is -2.04. The van der Waals surface area contributed by atoms with Crippen LogP contribution in [0.5, 0.6) is 0 Å². The topological polar surface area (TPSA) is 39.2 Å². The number of esters is 1. The van der Waals surface area contributed by atoms with Crippen LogP contribution in [0.3, 0.4) is 0 Å². The predicted octanol–water partition coefficient (Wildman–Crippen LogP) is 4.67. The van der Waals surface area contributed by atoms with Gasteiger partial charge in [-0.05, 0) is 22.0 Å². The predicted molar refractivity (Wildman–Crippen MR) is 76.6 cm³/mol. The average Bonchev–Trinajstić information content (AvgIpc) is 2.73. The van der Waals surface area contributed by atoms with Gasteiger partial charge in [-0.2, -0.15) is 0 Å². The fourth-order valence-corrected chi connectivity index (χ4v) is 3.32. The van der Waals surface area contributed by atoms with Gasteiger partial charge in [0.15, 0.2) is 9.61 Å². The van der Waals surface area contributed by atoms with Crippen LogP contribution in [-0.2, 0) is 4.74 Å². The van der Waals surface area contributed by atoms with E-state index in [4.69, 9.17) is 27.9 Å². The highest BCUT2D eigenvalue weighted by atomic mass is 79.9. The number of methoxy groups -OCH3 is 1. The highest BCUT2D eigenvalue weighted by Gasteiger charge is 2.21. The molecule has 0 aliphatic rings. The molecule has 7 heteroatoms. The summed E-state index contributed by atoms with van der Waals surface area (Å²) in [6.45, 7) is 0. The standard InChI is InChI=1S/C11H6BrCl2NO2S/c1-17-10(16)8-9(18-11(12)15-8)5-3-2-4-6(13)7(5)14/h2-4H,1H3. The summed E-state index contributed by atoms with van der Waals surface area (Å²) in [6.07, 6.45) is 0. The van der Waals surface area contributed by atoms with Crippen LogP contribution in [0.15, 0.2) is 22.1 Å². The molecule has 0 saturated carbocycles. The van der Waals surface area contributed by atoms with E-state index >= 15 is 0 Å². The first kappa shape index (κ1) is 13.8. The summed E-state index contributed by atoms with van der Waals surface area (Å²) < 4.78 is 5.27. The number of rotatable bonds is 2. The summed E-state index contributed by atoms with van der Waals surface area (Å²) >= 11 is 16.6. The number of aromatic nitrogens is 1. The second-order valence-corrected chi connectivity index (χ2v) is 6.30. The van der Waals surface area contributed by atoms with Crippen molar-refractivity contribution in [1.82, 2.24) is 4.98 Å². The molecule has 2 rings (SSSR count). The Kier molecular flexibility index (Phi) is 4.27. The highest BCUT2D eigenvalue weighted by Crippen LogP contribution is 2.39. The molecule has 0 amide bonds. The summed E-state index contributed by atoms with van der Waals surface area (Å²) in [6, 6.07) is 5.22. The van der Waals surface area contributed by atoms with Gasteiger partial charge >= 0.3 is 5.97 Å². The van der Waals surface area contributed by atoms with Crippen LogP contribution in [0.1, 0.15) is 10.5 Å². The Morgan fingerprint density at radius 2 is 2.17 bits per heavy atom. The van der Waals surface area contributed by atoms with Gasteiger partial charge in [0, 0.05) is 5.56 Å². The van der Waals surface area contributed by atoms with E-state index in [2.05, 4.69) is 20.9 Å². The van der Waals surface area contributed by atoms with Crippen molar-refractivity contribution in [3.8, 4) is 10.4 Å². The average molecular weight is 367 g/mol. The van der Waals surface area contributed by atoms with Crippen LogP contribution in [0.4, 0.5) is 0 Å². The fraction of sp³-hybridized carbons (Fsp3) is 0.0909. The van der Waals surface area contributed by atoms with Gasteiger partial charge in [-0.1, -0.05) is 35.3 Å². The maximum absolute atomic E-state index is 11.6. The van der Waals surface area contributed by atoms with Crippen LogP contribution < -0.4 is 0 Å². The minimum Gasteiger partial charge on any atom is -0.464 e. The second kappa shape index (κ2) is 5.57. The monoisotopic (exact) mass is 365 g/mol. The number of thiazole rings is 1. The van der Waals surface area contributed by atoms with E-state index in [0.717, 1.165) is 0 Å². The summed E-state index contributed by atoms with van der Waals surface area (Å²) in [5.41, 5.74) is 0.881. The Hall–Kier alpha value is -0.620. The molecule has 0 N–H and O–H groups in total. The van der Waals surface area contributed by atoms with Crippen LogP contribution in [0, 0.1) is 0 Å². The number of ether oxygens (including phenoxy) is 1. The second-order valence-electron chi connectivity index (χ2n) is 3.24. The Balaban J connectivity index is 2.64. The molecule has 0 fully saturated rings. The molecule has 3 nitrogen and oxygen atoms in total. The lowest BCUT2D eigenvalue weighted by Crippen LogP contribution is -2.03. The van der Waals surface area contributed by atoms with Crippen LogP contribution >= 0.6 is 50.5 Å². The molecular weight excluding hydrogens is 361 g/mol. The van der Waals surface area contributed by atoms with E-state index in [9.17, 15) is 4.79 Å². The molecule has 0 bridgehead atoms. The van der Waals surface area contributed by atoms with E-state index in [1.165, 1.54) is 18.4 Å². The van der Waals surface area contributed by atoms with Crippen LogP contribution in [0.2, 0.25) is 10.0 Å². The number of nitrogens with zero attached hydrogens (tertiary/aromatic N) is 1. The number of hydrogen-bond acceptors (Lipinski definition) is 4. The molecule has 0 unspecified atom stereocenters. The maximum atomic E-state index is 11.6. The summed E-state index contributed by atoms with van der Waals surface area (Å²) in [7, 11) is 1.30. The van der Waals surface area contributed by atoms with Crippen molar-refractivity contribution in [1.29, 1.82) is 0 Å². The van der Waals surface area contributed by atoms with Crippen molar-refractivity contribution < 1.29 is 9.53 Å². The first-order valence-corrected chi connectivity index (χ1v) is 7.10. The van der Waals surface area contributed by atoms with Gasteiger partial charge in [-0.15, -0.1) is 11.3 Å². The van der Waals surface area contributed by atoms with E-state index in [1.807, 2.05) is 0 Å². The van der Waals surface area contributed by atoms with Crippen molar-refractivity contribution in [3.05, 3.63) is 37.9 Å². The normalized spacial score (nSPS) is 10.4. The first-order valence-electron chi connectivity index (χ1n) is 4.73. The number of halogens is 3. The first-order chi connectivity index (χ1) is 8.54. The van der Waals surface area contributed by atoms with Crippen molar-refractivity contribution in [2.45, 2.75) is 0 Å². The molecule has 0 saturated heterocycles. The molecule has 94 valence electrons. The van der Waals surface area contributed by atoms with E-state index in [0.29, 0.717) is 24.4 Å². The Labute approximate surface area is 126 Å². The van der Waals surface area contributed by atoms with E-state index < -0.39 is 5.97 Å². The van der Waals surface area contributed by atoms with Crippen molar-refractivity contribution >= 4 is 56.4 Å². The third-order valence-electron chi connectivity index (χ3n) is 2.18. The number of carbonyl (C=O) groups excluding carboxylic acids is 1. The van der Waals surface area contributed by atoms with E-state index in [1.54, 1.807) is 18.2 Å². The van der Waals surface area contributed by atoms with Gasteiger partial charge in [0.2, 0.25) is 0 Å². The summed E-state index contributed by atoms with van der Waals surface area (Å²) in [5.74, 6) is -0.511.